The van der Waals surface area contributed by atoms with Crippen molar-refractivity contribution < 1.29 is 4.79 Å². The summed E-state index contributed by atoms with van der Waals surface area (Å²) in [7, 11) is 0. The first-order valence-corrected chi connectivity index (χ1v) is 10.2. The lowest BCUT2D eigenvalue weighted by Crippen LogP contribution is -2.26. The van der Waals surface area contributed by atoms with Crippen LogP contribution in [0.15, 0.2) is 60.2 Å². The Hall–Kier alpha value is -2.99. The summed E-state index contributed by atoms with van der Waals surface area (Å²) in [6.07, 6.45) is 3.03. The lowest BCUT2D eigenvalue weighted by Gasteiger charge is -2.06. The minimum Gasteiger partial charge on any atom is -0.356 e. The van der Waals surface area contributed by atoms with Crippen LogP contribution >= 0.6 is 11.3 Å². The summed E-state index contributed by atoms with van der Waals surface area (Å²) in [5.74, 6) is 0.0107. The van der Waals surface area contributed by atoms with Crippen LogP contribution in [0.5, 0.6) is 0 Å². The van der Waals surface area contributed by atoms with E-state index in [1.54, 1.807) is 11.3 Å². The number of carbonyl (C=O) groups is 1. The van der Waals surface area contributed by atoms with E-state index in [2.05, 4.69) is 51.0 Å². The molecule has 142 valence electrons. The van der Waals surface area contributed by atoms with Gasteiger partial charge in [0.1, 0.15) is 5.01 Å². The van der Waals surface area contributed by atoms with E-state index in [0.29, 0.717) is 13.0 Å². The first-order chi connectivity index (χ1) is 13.7. The highest BCUT2D eigenvalue weighted by atomic mass is 32.1. The van der Waals surface area contributed by atoms with Crippen LogP contribution in [-0.2, 0) is 17.8 Å². The van der Waals surface area contributed by atoms with Crippen LogP contribution in [0, 0.1) is 6.92 Å². The lowest BCUT2D eigenvalue weighted by molar-refractivity contribution is -0.120. The highest BCUT2D eigenvalue weighted by Crippen LogP contribution is 2.24. The van der Waals surface area contributed by atoms with Gasteiger partial charge >= 0.3 is 0 Å². The van der Waals surface area contributed by atoms with E-state index in [1.165, 1.54) is 5.56 Å². The zero-order chi connectivity index (χ0) is 19.3. The Kier molecular flexibility index (Phi) is 5.48. The second-order valence-electron chi connectivity index (χ2n) is 6.82. The molecule has 2 aromatic heterocycles. The molecule has 1 N–H and O–H groups in total. The maximum Gasteiger partial charge on any atom is 0.226 e. The average molecular weight is 391 g/mol. The van der Waals surface area contributed by atoms with E-state index in [9.17, 15) is 4.79 Å². The van der Waals surface area contributed by atoms with E-state index in [1.807, 2.05) is 36.0 Å². The molecule has 0 spiro atoms. The summed E-state index contributed by atoms with van der Waals surface area (Å²) >= 11 is 1.58. The Balaban J connectivity index is 1.26. The SMILES string of the molecule is Cc1cccc(-c2nc(CC(=O)NCCCn3cnc4ccccc43)cs2)c1. The first-order valence-electron chi connectivity index (χ1n) is 9.37. The van der Waals surface area contributed by atoms with Crippen molar-refractivity contribution in [1.29, 1.82) is 0 Å². The van der Waals surface area contributed by atoms with Gasteiger partial charge in [0.25, 0.3) is 0 Å². The third-order valence-electron chi connectivity index (χ3n) is 4.58. The van der Waals surface area contributed by atoms with Gasteiger partial charge in [-0.1, -0.05) is 35.9 Å². The molecule has 6 heteroatoms. The van der Waals surface area contributed by atoms with Crippen LogP contribution in [0.2, 0.25) is 0 Å². The second kappa shape index (κ2) is 8.35. The smallest absolute Gasteiger partial charge is 0.226 e. The van der Waals surface area contributed by atoms with Crippen molar-refractivity contribution in [3.05, 3.63) is 71.5 Å². The van der Waals surface area contributed by atoms with Crippen LogP contribution in [0.3, 0.4) is 0 Å². The Morgan fingerprint density at radius 1 is 1.18 bits per heavy atom. The molecule has 0 saturated carbocycles. The molecule has 0 aliphatic carbocycles. The van der Waals surface area contributed by atoms with Gasteiger partial charge in [-0.2, -0.15) is 0 Å². The molecule has 28 heavy (non-hydrogen) atoms. The van der Waals surface area contributed by atoms with Gasteiger partial charge in [0.2, 0.25) is 5.91 Å². The molecule has 0 aliphatic rings. The number of hydrogen-bond donors (Lipinski definition) is 1. The number of nitrogens with one attached hydrogen (secondary N) is 1. The number of benzene rings is 2. The van der Waals surface area contributed by atoms with Crippen LogP contribution in [0.25, 0.3) is 21.6 Å². The number of rotatable bonds is 7. The molecule has 4 aromatic rings. The van der Waals surface area contributed by atoms with E-state index in [4.69, 9.17) is 0 Å². The third kappa shape index (κ3) is 4.28. The van der Waals surface area contributed by atoms with E-state index >= 15 is 0 Å². The van der Waals surface area contributed by atoms with Crippen molar-refractivity contribution >= 4 is 28.3 Å². The largest absolute Gasteiger partial charge is 0.356 e. The normalized spacial score (nSPS) is 11.0. The Labute approximate surface area is 168 Å². The number of hydrogen-bond acceptors (Lipinski definition) is 4. The minimum atomic E-state index is 0.0107. The number of fused-ring (bicyclic) bond motifs is 1. The van der Waals surface area contributed by atoms with Gasteiger partial charge in [-0.15, -0.1) is 11.3 Å². The minimum absolute atomic E-state index is 0.0107. The molecule has 0 atom stereocenters. The quantitative estimate of drug-likeness (QED) is 0.481. The van der Waals surface area contributed by atoms with Crippen LogP contribution in [0.1, 0.15) is 17.7 Å². The third-order valence-corrected chi connectivity index (χ3v) is 5.52. The molecular weight excluding hydrogens is 368 g/mol. The molecule has 0 bridgehead atoms. The van der Waals surface area contributed by atoms with E-state index in [0.717, 1.165) is 40.3 Å². The number of aromatic nitrogens is 3. The van der Waals surface area contributed by atoms with Crippen LogP contribution < -0.4 is 5.32 Å². The molecular formula is C22H22N4OS. The highest BCUT2D eigenvalue weighted by molar-refractivity contribution is 7.13. The summed E-state index contributed by atoms with van der Waals surface area (Å²) in [6.45, 7) is 3.53. The molecule has 5 nitrogen and oxygen atoms in total. The number of aryl methyl sites for hydroxylation is 2. The predicted octanol–water partition coefficient (Wildman–Crippen LogP) is 4.22. The van der Waals surface area contributed by atoms with Gasteiger partial charge in [0, 0.05) is 24.0 Å². The number of thiazole rings is 1. The van der Waals surface area contributed by atoms with Gasteiger partial charge in [-0.3, -0.25) is 4.79 Å². The molecule has 2 heterocycles. The fourth-order valence-corrected chi connectivity index (χ4v) is 4.01. The number of imidazole rings is 1. The topological polar surface area (TPSA) is 59.8 Å². The Bertz CT molecular complexity index is 1100. The van der Waals surface area contributed by atoms with Gasteiger partial charge in [-0.25, -0.2) is 9.97 Å². The van der Waals surface area contributed by atoms with Crippen molar-refractivity contribution in [2.75, 3.05) is 6.54 Å². The van der Waals surface area contributed by atoms with Gasteiger partial charge in [-0.05, 0) is 31.5 Å². The summed E-state index contributed by atoms with van der Waals surface area (Å²) in [5, 5.41) is 5.92. The van der Waals surface area contributed by atoms with Crippen LogP contribution in [0.4, 0.5) is 0 Å². The maximum absolute atomic E-state index is 12.2. The van der Waals surface area contributed by atoms with E-state index in [-0.39, 0.29) is 5.91 Å². The highest BCUT2D eigenvalue weighted by Gasteiger charge is 2.09. The molecule has 4 rings (SSSR count). The second-order valence-corrected chi connectivity index (χ2v) is 7.68. The number of para-hydroxylation sites is 2. The van der Waals surface area contributed by atoms with Crippen molar-refractivity contribution in [3.8, 4) is 10.6 Å². The fourth-order valence-electron chi connectivity index (χ4n) is 3.19. The number of amides is 1. The zero-order valence-corrected chi connectivity index (χ0v) is 16.6. The monoisotopic (exact) mass is 390 g/mol. The lowest BCUT2D eigenvalue weighted by atomic mass is 10.1. The van der Waals surface area contributed by atoms with Gasteiger partial charge in [0.15, 0.2) is 0 Å². The molecule has 1 amide bonds. The Morgan fingerprint density at radius 3 is 2.96 bits per heavy atom. The first kappa shape index (κ1) is 18.4. The zero-order valence-electron chi connectivity index (χ0n) is 15.8. The van der Waals surface area contributed by atoms with E-state index < -0.39 is 0 Å². The molecule has 0 saturated heterocycles. The fraction of sp³-hybridized carbons (Fsp3) is 0.227. The van der Waals surface area contributed by atoms with Crippen molar-refractivity contribution in [1.82, 2.24) is 19.9 Å². The van der Waals surface area contributed by atoms with Crippen molar-refractivity contribution in [2.45, 2.75) is 26.3 Å². The summed E-state index contributed by atoms with van der Waals surface area (Å²) in [4.78, 5) is 21.2. The molecule has 0 radical (unpaired) electrons. The van der Waals surface area contributed by atoms with Gasteiger partial charge < -0.3 is 9.88 Å². The van der Waals surface area contributed by atoms with Gasteiger partial charge in [0.05, 0.1) is 29.5 Å². The van der Waals surface area contributed by atoms with Crippen molar-refractivity contribution in [2.24, 2.45) is 0 Å². The molecule has 0 unspecified atom stereocenters. The number of nitrogens with zero attached hydrogens (tertiary/aromatic N) is 3. The van der Waals surface area contributed by atoms with Crippen molar-refractivity contribution in [3.63, 3.8) is 0 Å². The number of carbonyl (C=O) groups excluding carboxylic acids is 1. The predicted molar refractivity (Wildman–Crippen MR) is 113 cm³/mol. The standard InChI is InChI=1S/C22H22N4OS/c1-16-6-4-7-17(12-16)22-25-18(14-28-22)13-21(27)23-10-5-11-26-15-24-19-8-2-3-9-20(19)26/h2-4,6-9,12,14-15H,5,10-11,13H2,1H3,(H,23,27). The summed E-state index contributed by atoms with van der Waals surface area (Å²) < 4.78 is 2.12. The Morgan fingerprint density at radius 2 is 2.07 bits per heavy atom. The maximum atomic E-state index is 12.2. The summed E-state index contributed by atoms with van der Waals surface area (Å²) in [5.41, 5.74) is 5.25. The van der Waals surface area contributed by atoms with Crippen LogP contribution in [-0.4, -0.2) is 27.0 Å². The molecule has 0 aliphatic heterocycles. The summed E-state index contributed by atoms with van der Waals surface area (Å²) in [6, 6.07) is 16.3. The molecule has 0 fully saturated rings. The molecule has 2 aromatic carbocycles. The average Bonchev–Trinajstić information content (AvgIpc) is 3.32.